The second-order valence-corrected chi connectivity index (χ2v) is 15.6. The molecule has 0 N–H and O–H groups in total. The Morgan fingerprint density at radius 1 is 0.358 bits per heavy atom. The van der Waals surface area contributed by atoms with Crippen molar-refractivity contribution in [2.24, 2.45) is 0 Å². The van der Waals surface area contributed by atoms with Gasteiger partial charge in [-0.15, -0.1) is 0 Å². The Morgan fingerprint density at radius 2 is 0.849 bits per heavy atom. The molecule has 1 atom stereocenters. The molecule has 0 fully saturated rings. The Morgan fingerprint density at radius 3 is 1.51 bits per heavy atom. The van der Waals surface area contributed by atoms with E-state index in [4.69, 9.17) is 0 Å². The summed E-state index contributed by atoms with van der Waals surface area (Å²) in [7, 11) is 0. The monoisotopic (exact) mass is 674 g/mol. The minimum Gasteiger partial charge on any atom is -0.0622 e. The van der Waals surface area contributed by atoms with Crippen molar-refractivity contribution in [1.29, 1.82) is 0 Å². The van der Waals surface area contributed by atoms with Crippen LogP contribution in [0.2, 0.25) is 0 Å². The highest BCUT2D eigenvalue weighted by Crippen LogP contribution is 2.54. The molecule has 0 saturated carbocycles. The summed E-state index contributed by atoms with van der Waals surface area (Å²) in [5.74, 6) is 0.321. The van der Waals surface area contributed by atoms with E-state index in [1.807, 2.05) is 0 Å². The van der Waals surface area contributed by atoms with E-state index in [1.54, 1.807) is 0 Å². The van der Waals surface area contributed by atoms with Gasteiger partial charge in [0.05, 0.1) is 0 Å². The van der Waals surface area contributed by atoms with Gasteiger partial charge in [0, 0.05) is 11.3 Å². The molecule has 53 heavy (non-hydrogen) atoms. The lowest BCUT2D eigenvalue weighted by atomic mass is 9.79. The van der Waals surface area contributed by atoms with Gasteiger partial charge in [0.15, 0.2) is 0 Å². The van der Waals surface area contributed by atoms with Gasteiger partial charge in [-0.25, -0.2) is 0 Å². The molecule has 11 rings (SSSR count). The maximum atomic E-state index is 2.50. The van der Waals surface area contributed by atoms with Crippen LogP contribution in [-0.2, 0) is 5.41 Å². The average molecular weight is 675 g/mol. The summed E-state index contributed by atoms with van der Waals surface area (Å²) in [5.41, 5.74) is 18.8. The molecule has 9 aromatic rings. The van der Waals surface area contributed by atoms with Gasteiger partial charge in [0.1, 0.15) is 0 Å². The minimum atomic E-state index is -0.158. The van der Waals surface area contributed by atoms with Crippen molar-refractivity contribution in [3.8, 4) is 55.6 Å². The third kappa shape index (κ3) is 4.24. The summed E-state index contributed by atoms with van der Waals surface area (Å²) in [6, 6.07) is 63.7. The molecule has 0 saturated heterocycles. The van der Waals surface area contributed by atoms with Crippen LogP contribution in [0, 0.1) is 0 Å². The molecule has 9 aromatic carbocycles. The lowest BCUT2D eigenvalue weighted by Gasteiger charge is -2.24. The molecular formula is C53H38. The lowest BCUT2D eigenvalue weighted by Crippen LogP contribution is -2.15. The number of hydrogen-bond donors (Lipinski definition) is 0. The van der Waals surface area contributed by atoms with Gasteiger partial charge in [0.25, 0.3) is 0 Å². The van der Waals surface area contributed by atoms with Crippen LogP contribution in [0.3, 0.4) is 0 Å². The van der Waals surface area contributed by atoms with Gasteiger partial charge in [-0.05, 0) is 122 Å². The van der Waals surface area contributed by atoms with Crippen molar-refractivity contribution in [3.63, 3.8) is 0 Å². The predicted molar refractivity (Wildman–Crippen MR) is 226 cm³/mol. The van der Waals surface area contributed by atoms with Crippen molar-refractivity contribution < 1.29 is 0 Å². The molecule has 2 aliphatic rings. The SMILES string of the molecule is CC1c2c(-c3ccc4c(c3)C(C)(C)c3cc(-c5c6ccccc6c(-c6ccccc6)c6ccccc56)ccc3-4)cccc2-c2ccc3ccccc3c21. The van der Waals surface area contributed by atoms with E-state index >= 15 is 0 Å². The summed E-state index contributed by atoms with van der Waals surface area (Å²) >= 11 is 0. The normalized spacial score (nSPS) is 15.0. The molecule has 1 unspecified atom stereocenters. The van der Waals surface area contributed by atoms with E-state index in [2.05, 4.69) is 191 Å². The summed E-state index contributed by atoms with van der Waals surface area (Å²) in [5, 5.41) is 7.86. The van der Waals surface area contributed by atoms with Crippen LogP contribution in [0.5, 0.6) is 0 Å². The van der Waals surface area contributed by atoms with Crippen LogP contribution in [0.1, 0.15) is 48.9 Å². The molecular weight excluding hydrogens is 637 g/mol. The zero-order chi connectivity index (χ0) is 35.4. The van der Waals surface area contributed by atoms with Crippen LogP contribution in [-0.4, -0.2) is 0 Å². The zero-order valence-electron chi connectivity index (χ0n) is 30.2. The molecule has 0 bridgehead atoms. The first-order valence-electron chi connectivity index (χ1n) is 18.9. The van der Waals surface area contributed by atoms with E-state index in [-0.39, 0.29) is 5.41 Å². The molecule has 0 heterocycles. The van der Waals surface area contributed by atoms with Crippen LogP contribution in [0.15, 0.2) is 170 Å². The summed E-state index contributed by atoms with van der Waals surface area (Å²) < 4.78 is 0. The number of fused-ring (bicyclic) bond motifs is 10. The molecule has 0 aromatic heterocycles. The fourth-order valence-corrected chi connectivity index (χ4v) is 10.1. The second-order valence-electron chi connectivity index (χ2n) is 15.6. The summed E-state index contributed by atoms with van der Waals surface area (Å²) in [4.78, 5) is 0. The van der Waals surface area contributed by atoms with Crippen LogP contribution >= 0.6 is 0 Å². The molecule has 0 aliphatic heterocycles. The summed E-state index contributed by atoms with van der Waals surface area (Å²) in [6.07, 6.45) is 0. The topological polar surface area (TPSA) is 0 Å². The molecule has 0 heteroatoms. The van der Waals surface area contributed by atoms with Crippen molar-refractivity contribution in [2.45, 2.75) is 32.1 Å². The summed E-state index contributed by atoms with van der Waals surface area (Å²) in [6.45, 7) is 7.23. The average Bonchev–Trinajstić information content (AvgIpc) is 3.63. The highest BCUT2D eigenvalue weighted by Gasteiger charge is 2.37. The van der Waals surface area contributed by atoms with E-state index in [9.17, 15) is 0 Å². The van der Waals surface area contributed by atoms with Crippen molar-refractivity contribution >= 4 is 32.3 Å². The van der Waals surface area contributed by atoms with Gasteiger partial charge in [0.2, 0.25) is 0 Å². The first-order valence-corrected chi connectivity index (χ1v) is 18.9. The highest BCUT2D eigenvalue weighted by atomic mass is 14.4. The fourth-order valence-electron chi connectivity index (χ4n) is 10.1. The largest absolute Gasteiger partial charge is 0.0622 e. The smallest absolute Gasteiger partial charge is 0.0159 e. The third-order valence-corrected chi connectivity index (χ3v) is 12.5. The maximum Gasteiger partial charge on any atom is 0.0159 e. The predicted octanol–water partition coefficient (Wildman–Crippen LogP) is 14.6. The van der Waals surface area contributed by atoms with E-state index in [1.165, 1.54) is 110 Å². The molecule has 0 nitrogen and oxygen atoms in total. The Hall–Kier alpha value is -6.24. The van der Waals surface area contributed by atoms with Gasteiger partial charge < -0.3 is 0 Å². The highest BCUT2D eigenvalue weighted by molar-refractivity contribution is 6.21. The molecule has 2 aliphatic carbocycles. The van der Waals surface area contributed by atoms with Crippen LogP contribution in [0.25, 0.3) is 88.0 Å². The van der Waals surface area contributed by atoms with E-state index in [0.717, 1.165) is 0 Å². The Labute approximate surface area is 311 Å². The van der Waals surface area contributed by atoms with Gasteiger partial charge >= 0.3 is 0 Å². The van der Waals surface area contributed by atoms with Gasteiger partial charge in [-0.2, -0.15) is 0 Å². The van der Waals surface area contributed by atoms with E-state index < -0.39 is 0 Å². The Balaban J connectivity index is 1.06. The minimum absolute atomic E-state index is 0.158. The quantitative estimate of drug-likeness (QED) is 0.164. The van der Waals surface area contributed by atoms with Crippen LogP contribution in [0.4, 0.5) is 0 Å². The van der Waals surface area contributed by atoms with Crippen molar-refractivity contribution in [1.82, 2.24) is 0 Å². The van der Waals surface area contributed by atoms with E-state index in [0.29, 0.717) is 5.92 Å². The van der Waals surface area contributed by atoms with Crippen molar-refractivity contribution in [2.75, 3.05) is 0 Å². The Bertz CT molecular complexity index is 2920. The first-order chi connectivity index (χ1) is 26.0. The Kier molecular flexibility index (Phi) is 6.38. The molecule has 250 valence electrons. The van der Waals surface area contributed by atoms with Crippen molar-refractivity contribution in [3.05, 3.63) is 192 Å². The molecule has 0 spiro atoms. The zero-order valence-corrected chi connectivity index (χ0v) is 30.2. The molecule has 0 radical (unpaired) electrons. The van der Waals surface area contributed by atoms with Crippen LogP contribution < -0.4 is 0 Å². The fraction of sp³-hybridized carbons (Fsp3) is 0.0943. The third-order valence-electron chi connectivity index (χ3n) is 12.5. The van der Waals surface area contributed by atoms with Gasteiger partial charge in [-0.1, -0.05) is 178 Å². The number of benzene rings is 9. The first kappa shape index (κ1) is 30.4. The maximum absolute atomic E-state index is 2.50. The standard InChI is InChI=1S/C53H38/c1-32-49-37-17-8-7-14-33(37)24-29-46(49)41-23-13-22-38(50(32)41)35-25-27-39-40-28-26-36(31-48(40)53(2,3)47(39)30-35)52-44-20-11-9-18-42(44)51(34-15-5-4-6-16-34)43-19-10-12-21-45(43)52/h4-32H,1-3H3. The number of hydrogen-bond acceptors (Lipinski definition) is 0. The second kappa shape index (κ2) is 11.1. The number of rotatable bonds is 3. The molecule has 0 amide bonds. The lowest BCUT2D eigenvalue weighted by molar-refractivity contribution is 0.661. The van der Waals surface area contributed by atoms with Gasteiger partial charge in [-0.3, -0.25) is 0 Å².